The number of aromatic carboxylic acids is 1. The van der Waals surface area contributed by atoms with Gasteiger partial charge in [0.2, 0.25) is 0 Å². The summed E-state index contributed by atoms with van der Waals surface area (Å²) in [6.45, 7) is 3.02. The van der Waals surface area contributed by atoms with Gasteiger partial charge in [0.25, 0.3) is 5.91 Å². The molecule has 3 N–H and O–H groups in total. The first-order valence-corrected chi connectivity index (χ1v) is 11.1. The topological polar surface area (TPSA) is 116 Å². The Bertz CT molecular complexity index is 1150. The van der Waals surface area contributed by atoms with E-state index in [1.165, 1.54) is 0 Å². The molecule has 3 aromatic rings. The number of aromatic amines is 1. The average molecular weight is 483 g/mol. The Balaban J connectivity index is 1.43. The molecule has 1 aliphatic rings. The van der Waals surface area contributed by atoms with Crippen LogP contribution in [-0.2, 0) is 7.05 Å². The van der Waals surface area contributed by atoms with E-state index in [1.54, 1.807) is 30.9 Å². The van der Waals surface area contributed by atoms with Crippen molar-refractivity contribution in [1.82, 2.24) is 25.1 Å². The van der Waals surface area contributed by atoms with Crippen LogP contribution in [0.15, 0.2) is 12.3 Å². The number of nitrogens with zero attached hydrogens (tertiary/aromatic N) is 4. The molecule has 3 aromatic heterocycles. The van der Waals surface area contributed by atoms with Crippen LogP contribution in [0, 0.1) is 6.92 Å². The predicted molar refractivity (Wildman–Crippen MR) is 120 cm³/mol. The number of hydrogen-bond donors (Lipinski definition) is 3. The van der Waals surface area contributed by atoms with Crippen LogP contribution in [0.5, 0.6) is 0 Å². The Morgan fingerprint density at radius 1 is 1.29 bits per heavy atom. The number of thiazole rings is 1. The molecule has 4 rings (SSSR count). The van der Waals surface area contributed by atoms with Gasteiger partial charge < -0.3 is 20.3 Å². The molecule has 0 saturated carbocycles. The molecule has 1 amide bonds. The molecule has 12 heteroatoms. The molecule has 0 bridgehead atoms. The lowest BCUT2D eigenvalue weighted by Gasteiger charge is -2.32. The minimum atomic E-state index is -1.02. The summed E-state index contributed by atoms with van der Waals surface area (Å²) in [4.78, 5) is 33.9. The van der Waals surface area contributed by atoms with Crippen LogP contribution in [0.2, 0.25) is 10.0 Å². The van der Waals surface area contributed by atoms with E-state index in [9.17, 15) is 14.7 Å². The molecule has 4 heterocycles. The maximum Gasteiger partial charge on any atom is 0.348 e. The van der Waals surface area contributed by atoms with Gasteiger partial charge in [0, 0.05) is 38.1 Å². The fraction of sp³-hybridized carbons (Fsp3) is 0.368. The van der Waals surface area contributed by atoms with E-state index in [2.05, 4.69) is 20.4 Å². The van der Waals surface area contributed by atoms with Gasteiger partial charge in [-0.25, -0.2) is 9.78 Å². The number of carboxylic acid groups (broad SMARTS) is 1. The highest BCUT2D eigenvalue weighted by Gasteiger charge is 2.28. The monoisotopic (exact) mass is 482 g/mol. The number of nitrogens with one attached hydrogen (secondary N) is 2. The second-order valence-electron chi connectivity index (χ2n) is 7.34. The SMILES string of the molecule is Cc1[nH]c(C(=O)NC2CCN(c3nc(-c4ccn(C)n4)c(C(=O)O)s3)CC2)c(Cl)c1Cl. The first kappa shape index (κ1) is 21.7. The summed E-state index contributed by atoms with van der Waals surface area (Å²) in [5, 5.41) is 18.1. The van der Waals surface area contributed by atoms with E-state index in [0.717, 1.165) is 11.3 Å². The quantitative estimate of drug-likeness (QED) is 0.511. The molecule has 0 unspecified atom stereocenters. The number of carboxylic acids is 1. The third-order valence-corrected chi connectivity index (χ3v) is 7.20. The first-order chi connectivity index (χ1) is 14.7. The van der Waals surface area contributed by atoms with Crippen LogP contribution >= 0.6 is 34.5 Å². The summed E-state index contributed by atoms with van der Waals surface area (Å²) in [6.07, 6.45) is 3.13. The summed E-state index contributed by atoms with van der Waals surface area (Å²) < 4.78 is 1.61. The zero-order valence-electron chi connectivity index (χ0n) is 16.8. The lowest BCUT2D eigenvalue weighted by atomic mass is 10.1. The van der Waals surface area contributed by atoms with Crippen molar-refractivity contribution < 1.29 is 14.7 Å². The first-order valence-electron chi connectivity index (χ1n) is 9.58. The number of aromatic nitrogens is 4. The third-order valence-electron chi connectivity index (χ3n) is 5.15. The molecular weight excluding hydrogens is 463 g/mol. The normalized spacial score (nSPS) is 14.8. The molecule has 0 aliphatic carbocycles. The maximum atomic E-state index is 12.5. The maximum absolute atomic E-state index is 12.5. The standard InChI is InChI=1S/C19H20Cl2N6O3S/c1-9-12(20)13(21)15(22-9)17(28)23-10-3-7-27(8-4-10)19-24-14(16(31-19)18(29)30)11-5-6-26(2)25-11/h5-6,10,22H,3-4,7-8H2,1-2H3,(H,23,28)(H,29,30). The Kier molecular flexibility index (Phi) is 5.96. The lowest BCUT2D eigenvalue weighted by molar-refractivity contribution is 0.0702. The van der Waals surface area contributed by atoms with Gasteiger partial charge >= 0.3 is 5.97 Å². The Hall–Kier alpha value is -2.56. The van der Waals surface area contributed by atoms with E-state index in [0.29, 0.717) is 53.2 Å². The zero-order chi connectivity index (χ0) is 22.3. The van der Waals surface area contributed by atoms with Gasteiger partial charge in [-0.05, 0) is 25.8 Å². The molecule has 0 spiro atoms. The molecular formula is C19H20Cl2N6O3S. The number of carbonyl (C=O) groups excluding carboxylic acids is 1. The van der Waals surface area contributed by atoms with Crippen LogP contribution < -0.4 is 10.2 Å². The summed E-state index contributed by atoms with van der Waals surface area (Å²) in [5.41, 5.74) is 1.81. The largest absolute Gasteiger partial charge is 0.477 e. The van der Waals surface area contributed by atoms with Crippen molar-refractivity contribution in [1.29, 1.82) is 0 Å². The van der Waals surface area contributed by atoms with Gasteiger partial charge in [-0.2, -0.15) is 5.10 Å². The number of halogens is 2. The number of piperidine rings is 1. The molecule has 1 fully saturated rings. The minimum absolute atomic E-state index is 0.0311. The second-order valence-corrected chi connectivity index (χ2v) is 9.08. The Morgan fingerprint density at radius 3 is 2.55 bits per heavy atom. The highest BCUT2D eigenvalue weighted by atomic mass is 35.5. The molecule has 0 atom stereocenters. The minimum Gasteiger partial charge on any atom is -0.477 e. The molecule has 9 nitrogen and oxygen atoms in total. The fourth-order valence-corrected chi connectivity index (χ4v) is 4.89. The van der Waals surface area contributed by atoms with Gasteiger partial charge in [-0.3, -0.25) is 9.48 Å². The number of aryl methyl sites for hydroxylation is 2. The molecule has 1 saturated heterocycles. The van der Waals surface area contributed by atoms with Crippen LogP contribution in [0.25, 0.3) is 11.4 Å². The predicted octanol–water partition coefficient (Wildman–Crippen LogP) is 3.58. The van der Waals surface area contributed by atoms with E-state index in [-0.39, 0.29) is 27.5 Å². The van der Waals surface area contributed by atoms with E-state index in [1.807, 2.05) is 4.90 Å². The van der Waals surface area contributed by atoms with E-state index >= 15 is 0 Å². The number of anilines is 1. The lowest BCUT2D eigenvalue weighted by Crippen LogP contribution is -2.44. The van der Waals surface area contributed by atoms with Crippen molar-refractivity contribution >= 4 is 51.5 Å². The highest BCUT2D eigenvalue weighted by Crippen LogP contribution is 2.34. The van der Waals surface area contributed by atoms with Crippen LogP contribution in [0.1, 0.15) is 38.7 Å². The van der Waals surface area contributed by atoms with Gasteiger partial charge in [0.15, 0.2) is 5.13 Å². The molecule has 164 valence electrons. The number of carbonyl (C=O) groups is 2. The highest BCUT2D eigenvalue weighted by molar-refractivity contribution is 7.17. The van der Waals surface area contributed by atoms with E-state index < -0.39 is 5.97 Å². The third kappa shape index (κ3) is 4.28. The van der Waals surface area contributed by atoms with E-state index in [4.69, 9.17) is 23.2 Å². The molecule has 1 aliphatic heterocycles. The van der Waals surface area contributed by atoms with Gasteiger partial charge in [0.05, 0.1) is 10.0 Å². The van der Waals surface area contributed by atoms with Gasteiger partial charge in [-0.15, -0.1) is 0 Å². The molecule has 31 heavy (non-hydrogen) atoms. The molecule has 0 radical (unpaired) electrons. The van der Waals surface area contributed by atoms with Crippen molar-refractivity contribution in [3.63, 3.8) is 0 Å². The fourth-order valence-electron chi connectivity index (χ4n) is 3.50. The number of hydrogen-bond acceptors (Lipinski definition) is 6. The van der Waals surface area contributed by atoms with Crippen molar-refractivity contribution in [3.05, 3.63) is 38.6 Å². The second kappa shape index (κ2) is 8.52. The van der Waals surface area contributed by atoms with Crippen molar-refractivity contribution in [2.75, 3.05) is 18.0 Å². The average Bonchev–Trinajstić information content (AvgIpc) is 3.43. The van der Waals surface area contributed by atoms with Gasteiger partial charge in [0.1, 0.15) is 22.0 Å². The number of amides is 1. The Labute approximate surface area is 192 Å². The molecule has 0 aromatic carbocycles. The van der Waals surface area contributed by atoms with Crippen LogP contribution in [-0.4, -0.2) is 55.9 Å². The zero-order valence-corrected chi connectivity index (χ0v) is 19.1. The summed E-state index contributed by atoms with van der Waals surface area (Å²) in [7, 11) is 1.77. The number of H-pyrrole nitrogens is 1. The Morgan fingerprint density at radius 2 is 2.00 bits per heavy atom. The van der Waals surface area contributed by atoms with Crippen LogP contribution in [0.3, 0.4) is 0 Å². The van der Waals surface area contributed by atoms with Crippen LogP contribution in [0.4, 0.5) is 5.13 Å². The summed E-state index contributed by atoms with van der Waals surface area (Å²) in [6, 6.07) is 1.71. The van der Waals surface area contributed by atoms with Crippen molar-refractivity contribution in [2.24, 2.45) is 7.05 Å². The summed E-state index contributed by atoms with van der Waals surface area (Å²) in [5.74, 6) is -1.32. The number of rotatable bonds is 5. The van der Waals surface area contributed by atoms with Gasteiger partial charge in [-0.1, -0.05) is 34.5 Å². The van der Waals surface area contributed by atoms with Crippen molar-refractivity contribution in [3.8, 4) is 11.4 Å². The summed E-state index contributed by atoms with van der Waals surface area (Å²) >= 11 is 13.3. The smallest absolute Gasteiger partial charge is 0.348 e. The van der Waals surface area contributed by atoms with Crippen molar-refractivity contribution in [2.45, 2.75) is 25.8 Å².